The second kappa shape index (κ2) is 7.31. The number of amides is 3. The predicted octanol–water partition coefficient (Wildman–Crippen LogP) is 2.45. The summed E-state index contributed by atoms with van der Waals surface area (Å²) in [6.45, 7) is 4.52. The maximum Gasteiger partial charge on any atom is 0.319 e. The Hall–Kier alpha value is -2.76. The number of anilines is 1. The second-order valence-electron chi connectivity index (χ2n) is 4.88. The van der Waals surface area contributed by atoms with Crippen LogP contribution in [0.15, 0.2) is 41.0 Å². The Labute approximate surface area is 128 Å². The van der Waals surface area contributed by atoms with Gasteiger partial charge >= 0.3 is 6.03 Å². The zero-order chi connectivity index (χ0) is 15.9. The second-order valence-corrected chi connectivity index (χ2v) is 4.88. The first kappa shape index (κ1) is 15.6. The summed E-state index contributed by atoms with van der Waals surface area (Å²) in [5, 5.41) is 8.16. The molecule has 2 rings (SSSR count). The molecular formula is C16H19N3O3. The zero-order valence-electron chi connectivity index (χ0n) is 12.6. The van der Waals surface area contributed by atoms with Crippen LogP contribution in [0.3, 0.4) is 0 Å². The molecule has 0 aliphatic carbocycles. The van der Waals surface area contributed by atoms with Crippen molar-refractivity contribution in [3.63, 3.8) is 0 Å². The minimum Gasteiger partial charge on any atom is -0.459 e. The van der Waals surface area contributed by atoms with Gasteiger partial charge in [0.15, 0.2) is 5.76 Å². The minimum atomic E-state index is -0.304. The SMILES string of the molecule is Cc1cccc(C)c1NC(=O)NCCNC(=O)c1ccco1. The molecule has 6 heteroatoms. The third-order valence-corrected chi connectivity index (χ3v) is 3.16. The van der Waals surface area contributed by atoms with E-state index in [4.69, 9.17) is 4.42 Å². The highest BCUT2D eigenvalue weighted by atomic mass is 16.3. The molecule has 0 bridgehead atoms. The number of nitrogens with one attached hydrogen (secondary N) is 3. The molecule has 0 saturated carbocycles. The van der Waals surface area contributed by atoms with Crippen molar-refractivity contribution in [2.45, 2.75) is 13.8 Å². The van der Waals surface area contributed by atoms with Gasteiger partial charge < -0.3 is 20.4 Å². The number of furan rings is 1. The van der Waals surface area contributed by atoms with E-state index in [1.807, 2.05) is 32.0 Å². The Bertz CT molecular complexity index is 630. The summed E-state index contributed by atoms with van der Waals surface area (Å²) < 4.78 is 4.97. The monoisotopic (exact) mass is 301 g/mol. The molecule has 1 aromatic heterocycles. The molecule has 1 aromatic carbocycles. The van der Waals surface area contributed by atoms with Crippen molar-refractivity contribution in [3.05, 3.63) is 53.5 Å². The van der Waals surface area contributed by atoms with E-state index in [1.54, 1.807) is 12.1 Å². The molecule has 116 valence electrons. The molecular weight excluding hydrogens is 282 g/mol. The number of aryl methyl sites for hydroxylation is 2. The van der Waals surface area contributed by atoms with Gasteiger partial charge in [0.05, 0.1) is 6.26 Å². The van der Waals surface area contributed by atoms with Crippen molar-refractivity contribution in [2.75, 3.05) is 18.4 Å². The predicted molar refractivity (Wildman–Crippen MR) is 84.0 cm³/mol. The quantitative estimate of drug-likeness (QED) is 0.742. The van der Waals surface area contributed by atoms with Crippen molar-refractivity contribution >= 4 is 17.6 Å². The minimum absolute atomic E-state index is 0.250. The van der Waals surface area contributed by atoms with Gasteiger partial charge in [-0.3, -0.25) is 4.79 Å². The number of hydrogen-bond donors (Lipinski definition) is 3. The van der Waals surface area contributed by atoms with Gasteiger partial charge in [-0.25, -0.2) is 4.79 Å². The fourth-order valence-electron chi connectivity index (χ4n) is 2.02. The van der Waals surface area contributed by atoms with Crippen LogP contribution in [0.5, 0.6) is 0 Å². The third kappa shape index (κ3) is 4.12. The summed E-state index contributed by atoms with van der Waals surface area (Å²) >= 11 is 0. The van der Waals surface area contributed by atoms with Gasteiger partial charge in [-0.1, -0.05) is 18.2 Å². The average molecular weight is 301 g/mol. The van der Waals surface area contributed by atoms with E-state index in [-0.39, 0.29) is 17.7 Å². The molecule has 3 N–H and O–H groups in total. The molecule has 0 aliphatic rings. The van der Waals surface area contributed by atoms with Gasteiger partial charge in [0.25, 0.3) is 5.91 Å². The highest BCUT2D eigenvalue weighted by molar-refractivity contribution is 5.92. The molecule has 0 radical (unpaired) electrons. The molecule has 1 heterocycles. The van der Waals surface area contributed by atoms with Crippen molar-refractivity contribution in [1.82, 2.24) is 10.6 Å². The molecule has 3 amide bonds. The number of rotatable bonds is 5. The Balaban J connectivity index is 1.73. The summed E-state index contributed by atoms with van der Waals surface area (Å²) in [5.41, 5.74) is 2.81. The Morgan fingerprint density at radius 3 is 2.32 bits per heavy atom. The number of carbonyl (C=O) groups excluding carboxylic acids is 2. The van der Waals surface area contributed by atoms with E-state index < -0.39 is 0 Å². The Morgan fingerprint density at radius 1 is 1.00 bits per heavy atom. The molecule has 6 nitrogen and oxygen atoms in total. The maximum atomic E-state index is 11.8. The van der Waals surface area contributed by atoms with Crippen LogP contribution in [0.25, 0.3) is 0 Å². The first-order chi connectivity index (χ1) is 10.6. The lowest BCUT2D eigenvalue weighted by Crippen LogP contribution is -2.36. The van der Waals surface area contributed by atoms with Crippen LogP contribution in [0, 0.1) is 13.8 Å². The largest absolute Gasteiger partial charge is 0.459 e. The number of para-hydroxylation sites is 1. The van der Waals surface area contributed by atoms with Gasteiger partial charge in [-0.05, 0) is 37.1 Å². The first-order valence-corrected chi connectivity index (χ1v) is 7.00. The molecule has 22 heavy (non-hydrogen) atoms. The standard InChI is InChI=1S/C16H19N3O3/c1-11-5-3-6-12(2)14(11)19-16(21)18-9-8-17-15(20)13-7-4-10-22-13/h3-7,10H,8-9H2,1-2H3,(H,17,20)(H2,18,19,21). The van der Waals surface area contributed by atoms with Crippen molar-refractivity contribution in [2.24, 2.45) is 0 Å². The first-order valence-electron chi connectivity index (χ1n) is 7.00. The lowest BCUT2D eigenvalue weighted by molar-refractivity contribution is 0.0926. The molecule has 0 spiro atoms. The lowest BCUT2D eigenvalue weighted by atomic mass is 10.1. The van der Waals surface area contributed by atoms with Crippen LogP contribution in [0.2, 0.25) is 0 Å². The van der Waals surface area contributed by atoms with E-state index in [9.17, 15) is 9.59 Å². The van der Waals surface area contributed by atoms with Crippen LogP contribution in [-0.4, -0.2) is 25.0 Å². The summed E-state index contributed by atoms with van der Waals surface area (Å²) in [6, 6.07) is 8.74. The van der Waals surface area contributed by atoms with Gasteiger partial charge in [0.1, 0.15) is 0 Å². The summed E-state index contributed by atoms with van der Waals surface area (Å²) in [4.78, 5) is 23.4. The maximum absolute atomic E-state index is 11.8. The van der Waals surface area contributed by atoms with Crippen LogP contribution < -0.4 is 16.0 Å². The smallest absolute Gasteiger partial charge is 0.319 e. The summed E-state index contributed by atoms with van der Waals surface area (Å²) in [7, 11) is 0. The normalized spacial score (nSPS) is 10.1. The zero-order valence-corrected chi connectivity index (χ0v) is 12.6. The lowest BCUT2D eigenvalue weighted by Gasteiger charge is -2.12. The van der Waals surface area contributed by atoms with Crippen molar-refractivity contribution < 1.29 is 14.0 Å². The number of hydrogen-bond acceptors (Lipinski definition) is 3. The summed E-state index contributed by atoms with van der Waals surface area (Å²) in [6.07, 6.45) is 1.44. The molecule has 0 saturated heterocycles. The van der Waals surface area contributed by atoms with Gasteiger partial charge in [-0.15, -0.1) is 0 Å². The number of benzene rings is 1. The topological polar surface area (TPSA) is 83.4 Å². The van der Waals surface area contributed by atoms with Gasteiger partial charge in [0.2, 0.25) is 0 Å². The number of carbonyl (C=O) groups is 2. The highest BCUT2D eigenvalue weighted by Gasteiger charge is 2.08. The van der Waals surface area contributed by atoms with Crippen molar-refractivity contribution in [3.8, 4) is 0 Å². The summed E-state index contributed by atoms with van der Waals surface area (Å²) in [5.74, 6) is -0.0538. The average Bonchev–Trinajstić information content (AvgIpc) is 3.02. The molecule has 0 atom stereocenters. The van der Waals surface area contributed by atoms with Gasteiger partial charge in [0, 0.05) is 18.8 Å². The molecule has 0 fully saturated rings. The Morgan fingerprint density at radius 2 is 1.68 bits per heavy atom. The van der Waals surface area contributed by atoms with E-state index in [2.05, 4.69) is 16.0 Å². The molecule has 0 unspecified atom stereocenters. The fourth-order valence-corrected chi connectivity index (χ4v) is 2.02. The van der Waals surface area contributed by atoms with Crippen LogP contribution in [0.4, 0.5) is 10.5 Å². The third-order valence-electron chi connectivity index (χ3n) is 3.16. The van der Waals surface area contributed by atoms with Crippen LogP contribution in [0.1, 0.15) is 21.7 Å². The van der Waals surface area contributed by atoms with E-state index in [1.165, 1.54) is 6.26 Å². The van der Waals surface area contributed by atoms with Crippen molar-refractivity contribution in [1.29, 1.82) is 0 Å². The highest BCUT2D eigenvalue weighted by Crippen LogP contribution is 2.18. The molecule has 0 aliphatic heterocycles. The molecule has 2 aromatic rings. The van der Waals surface area contributed by atoms with E-state index >= 15 is 0 Å². The fraction of sp³-hybridized carbons (Fsp3) is 0.250. The van der Waals surface area contributed by atoms with Crippen LogP contribution in [-0.2, 0) is 0 Å². The van der Waals surface area contributed by atoms with E-state index in [0.29, 0.717) is 13.1 Å². The Kier molecular flexibility index (Phi) is 5.19. The van der Waals surface area contributed by atoms with Crippen LogP contribution >= 0.6 is 0 Å². The van der Waals surface area contributed by atoms with E-state index in [0.717, 1.165) is 16.8 Å². The van der Waals surface area contributed by atoms with Gasteiger partial charge in [-0.2, -0.15) is 0 Å². The number of urea groups is 1.